The summed E-state index contributed by atoms with van der Waals surface area (Å²) in [5.74, 6) is -1.86. The van der Waals surface area contributed by atoms with E-state index in [9.17, 15) is 18.0 Å². The first-order chi connectivity index (χ1) is 10.7. The fraction of sp³-hybridized carbons (Fsp3) is 0.500. The molecular weight excluding hydrogens is 315 g/mol. The lowest BCUT2D eigenvalue weighted by molar-refractivity contribution is -0.192. The maximum Gasteiger partial charge on any atom is 0.490 e. The summed E-state index contributed by atoms with van der Waals surface area (Å²) in [5.41, 5.74) is 0.977. The van der Waals surface area contributed by atoms with Crippen LogP contribution in [0.5, 0.6) is 0 Å². The third-order valence-corrected chi connectivity index (χ3v) is 3.94. The van der Waals surface area contributed by atoms with E-state index in [0.717, 1.165) is 38.2 Å². The van der Waals surface area contributed by atoms with Crippen molar-refractivity contribution < 1.29 is 27.9 Å². The molecule has 0 aromatic carbocycles. The molecule has 0 saturated carbocycles. The van der Waals surface area contributed by atoms with E-state index in [1.807, 2.05) is 6.07 Å². The van der Waals surface area contributed by atoms with Gasteiger partial charge in [-0.15, -0.1) is 0 Å². The highest BCUT2D eigenvalue weighted by Gasteiger charge is 2.43. The minimum atomic E-state index is -5.08. The van der Waals surface area contributed by atoms with Gasteiger partial charge < -0.3 is 15.7 Å². The molecule has 9 heteroatoms. The topological polar surface area (TPSA) is 91.3 Å². The molecule has 3 N–H and O–H groups in total. The van der Waals surface area contributed by atoms with Crippen molar-refractivity contribution in [2.24, 2.45) is 5.41 Å². The van der Waals surface area contributed by atoms with Gasteiger partial charge in [0.15, 0.2) is 0 Å². The van der Waals surface area contributed by atoms with Crippen molar-refractivity contribution in [1.29, 1.82) is 0 Å². The maximum absolute atomic E-state index is 12.2. The van der Waals surface area contributed by atoms with Crippen molar-refractivity contribution in [3.8, 4) is 0 Å². The second kappa shape index (κ2) is 6.53. The van der Waals surface area contributed by atoms with Crippen molar-refractivity contribution in [3.05, 3.63) is 23.9 Å². The molecule has 2 aliphatic heterocycles. The summed E-state index contributed by atoms with van der Waals surface area (Å²) in [6.45, 7) is 1.87. The number of rotatable bonds is 0. The van der Waals surface area contributed by atoms with E-state index < -0.39 is 12.1 Å². The predicted molar refractivity (Wildman–Crippen MR) is 74.8 cm³/mol. The molecule has 0 bridgehead atoms. The molecule has 1 aromatic heterocycles. The first kappa shape index (κ1) is 17.2. The minimum absolute atomic E-state index is 0.153. The van der Waals surface area contributed by atoms with Crippen molar-refractivity contribution in [2.45, 2.75) is 25.4 Å². The molecule has 3 heterocycles. The third kappa shape index (κ3) is 3.98. The lowest BCUT2D eigenvalue weighted by Gasteiger charge is -2.39. The van der Waals surface area contributed by atoms with Gasteiger partial charge in [-0.05, 0) is 44.0 Å². The standard InChI is InChI=1S/C12H15N3O.C2HF3O2/c16-11-12(3-6-13-7-4-12)8-9-2-1-5-14-10(9)15-11;3-2(4,5)1(6)7/h1-2,5,13H,3-4,6-8H2,(H,14,15,16);(H,6,7). The quantitative estimate of drug-likeness (QED) is 0.671. The van der Waals surface area contributed by atoms with E-state index in [4.69, 9.17) is 9.90 Å². The van der Waals surface area contributed by atoms with Gasteiger partial charge in [-0.2, -0.15) is 13.2 Å². The number of halogens is 3. The van der Waals surface area contributed by atoms with Crippen LogP contribution in [0.15, 0.2) is 18.3 Å². The lowest BCUT2D eigenvalue weighted by atomic mass is 9.72. The van der Waals surface area contributed by atoms with Gasteiger partial charge in [-0.25, -0.2) is 9.78 Å². The van der Waals surface area contributed by atoms with Gasteiger partial charge in [-0.3, -0.25) is 4.79 Å². The zero-order valence-electron chi connectivity index (χ0n) is 12.1. The van der Waals surface area contributed by atoms with Gasteiger partial charge in [0.1, 0.15) is 5.82 Å². The fourth-order valence-corrected chi connectivity index (χ4v) is 2.69. The number of pyridine rings is 1. The van der Waals surface area contributed by atoms with Gasteiger partial charge >= 0.3 is 12.1 Å². The Morgan fingerprint density at radius 1 is 1.30 bits per heavy atom. The number of carboxylic acids is 1. The summed E-state index contributed by atoms with van der Waals surface area (Å²) in [6.07, 6.45) is -0.677. The Balaban J connectivity index is 0.000000236. The molecule has 1 amide bonds. The Labute approximate surface area is 130 Å². The SMILES string of the molecule is O=C(O)C(F)(F)F.O=C1Nc2ncccc2CC12CCNCC2. The molecule has 1 aromatic rings. The van der Waals surface area contributed by atoms with Crippen molar-refractivity contribution in [3.63, 3.8) is 0 Å². The Hall–Kier alpha value is -2.16. The number of nitrogens with one attached hydrogen (secondary N) is 2. The monoisotopic (exact) mass is 331 g/mol. The smallest absolute Gasteiger partial charge is 0.475 e. The van der Waals surface area contributed by atoms with Crippen LogP contribution in [0.25, 0.3) is 0 Å². The Kier molecular flexibility index (Phi) is 4.88. The number of nitrogens with zero attached hydrogens (tertiary/aromatic N) is 1. The number of alkyl halides is 3. The Bertz CT molecular complexity index is 598. The highest BCUT2D eigenvalue weighted by atomic mass is 19.4. The van der Waals surface area contributed by atoms with Crippen molar-refractivity contribution in [2.75, 3.05) is 18.4 Å². The van der Waals surface area contributed by atoms with Crippen molar-refractivity contribution in [1.82, 2.24) is 10.3 Å². The molecule has 23 heavy (non-hydrogen) atoms. The molecule has 0 aliphatic carbocycles. The van der Waals surface area contributed by atoms with Crippen LogP contribution < -0.4 is 10.6 Å². The molecule has 1 saturated heterocycles. The highest BCUT2D eigenvalue weighted by molar-refractivity contribution is 5.97. The van der Waals surface area contributed by atoms with Crippen LogP contribution in [-0.4, -0.2) is 41.2 Å². The predicted octanol–water partition coefficient (Wildman–Crippen LogP) is 1.58. The molecule has 2 aliphatic rings. The number of hydrogen-bond donors (Lipinski definition) is 3. The molecule has 126 valence electrons. The molecule has 0 radical (unpaired) electrons. The summed E-state index contributed by atoms with van der Waals surface area (Å²) >= 11 is 0. The van der Waals surface area contributed by atoms with Crippen molar-refractivity contribution >= 4 is 17.7 Å². The molecule has 1 spiro atoms. The zero-order chi connectivity index (χ0) is 17.1. The number of carbonyl (C=O) groups excluding carboxylic acids is 1. The average molecular weight is 331 g/mol. The number of aromatic nitrogens is 1. The molecule has 1 fully saturated rings. The molecule has 3 rings (SSSR count). The first-order valence-corrected chi connectivity index (χ1v) is 7.01. The normalized spacial score (nSPS) is 19.2. The number of aliphatic carboxylic acids is 1. The molecule has 6 nitrogen and oxygen atoms in total. The zero-order valence-corrected chi connectivity index (χ0v) is 12.1. The number of hydrogen-bond acceptors (Lipinski definition) is 4. The van der Waals surface area contributed by atoms with Gasteiger partial charge in [-0.1, -0.05) is 6.07 Å². The van der Waals surface area contributed by atoms with Crippen LogP contribution in [0, 0.1) is 5.41 Å². The Morgan fingerprint density at radius 2 is 1.91 bits per heavy atom. The number of fused-ring (bicyclic) bond motifs is 1. The number of amides is 1. The summed E-state index contributed by atoms with van der Waals surface area (Å²) < 4.78 is 31.7. The summed E-state index contributed by atoms with van der Waals surface area (Å²) in [7, 11) is 0. The van der Waals surface area contributed by atoms with E-state index >= 15 is 0 Å². The van der Waals surface area contributed by atoms with Crippen LogP contribution in [0.1, 0.15) is 18.4 Å². The molecular formula is C14H16F3N3O3. The number of carbonyl (C=O) groups is 2. The van der Waals surface area contributed by atoms with Crippen LogP contribution in [0.3, 0.4) is 0 Å². The first-order valence-electron chi connectivity index (χ1n) is 7.01. The van der Waals surface area contributed by atoms with E-state index in [-0.39, 0.29) is 11.3 Å². The van der Waals surface area contributed by atoms with Gasteiger partial charge in [0.2, 0.25) is 5.91 Å². The Morgan fingerprint density at radius 3 is 2.48 bits per heavy atom. The van der Waals surface area contributed by atoms with Crippen LogP contribution in [-0.2, 0) is 16.0 Å². The van der Waals surface area contributed by atoms with E-state index in [1.54, 1.807) is 6.20 Å². The number of anilines is 1. The average Bonchev–Trinajstić information content (AvgIpc) is 2.49. The van der Waals surface area contributed by atoms with Gasteiger partial charge in [0.05, 0.1) is 5.41 Å². The summed E-state index contributed by atoms with van der Waals surface area (Å²) in [4.78, 5) is 25.3. The second-order valence-electron chi connectivity index (χ2n) is 5.48. The minimum Gasteiger partial charge on any atom is -0.475 e. The van der Waals surface area contributed by atoms with Crippen LogP contribution >= 0.6 is 0 Å². The van der Waals surface area contributed by atoms with Crippen LogP contribution in [0.2, 0.25) is 0 Å². The van der Waals surface area contributed by atoms with E-state index in [2.05, 4.69) is 21.7 Å². The van der Waals surface area contributed by atoms with E-state index in [1.165, 1.54) is 5.56 Å². The number of piperidine rings is 1. The van der Waals surface area contributed by atoms with E-state index in [0.29, 0.717) is 0 Å². The molecule has 0 atom stereocenters. The fourth-order valence-electron chi connectivity index (χ4n) is 2.69. The highest BCUT2D eigenvalue weighted by Crippen LogP contribution is 2.39. The summed E-state index contributed by atoms with van der Waals surface area (Å²) in [5, 5.41) is 13.4. The maximum atomic E-state index is 12.2. The molecule has 0 unspecified atom stereocenters. The number of carboxylic acid groups (broad SMARTS) is 1. The second-order valence-corrected chi connectivity index (χ2v) is 5.48. The van der Waals surface area contributed by atoms with Gasteiger partial charge in [0.25, 0.3) is 0 Å². The third-order valence-electron chi connectivity index (χ3n) is 3.94. The van der Waals surface area contributed by atoms with Crippen LogP contribution in [0.4, 0.5) is 19.0 Å². The largest absolute Gasteiger partial charge is 0.490 e. The summed E-state index contributed by atoms with van der Waals surface area (Å²) in [6, 6.07) is 4.00. The van der Waals surface area contributed by atoms with Gasteiger partial charge in [0, 0.05) is 6.20 Å². The lowest BCUT2D eigenvalue weighted by Crippen LogP contribution is -2.48.